The Morgan fingerprint density at radius 3 is 2.26 bits per heavy atom. The summed E-state index contributed by atoms with van der Waals surface area (Å²) in [6.07, 6.45) is 0. The zero-order chi connectivity index (χ0) is 13.1. The summed E-state index contributed by atoms with van der Waals surface area (Å²) < 4.78 is 0. The minimum absolute atomic E-state index is 0.138. The summed E-state index contributed by atoms with van der Waals surface area (Å²) in [5.41, 5.74) is 8.15. The molecule has 3 nitrogen and oxygen atoms in total. The number of nitrogens with one attached hydrogen (secondary N) is 2. The molecule has 2 aromatic rings. The quantitative estimate of drug-likeness (QED) is 0.822. The molecule has 1 heterocycles. The first-order chi connectivity index (χ1) is 9.36. The number of hydrogen-bond donors (Lipinski definition) is 2. The average Bonchev–Trinajstić information content (AvgIpc) is 2.98. The van der Waals surface area contributed by atoms with Gasteiger partial charge in [-0.1, -0.05) is 60.7 Å². The first-order valence-electron chi connectivity index (χ1n) is 6.49. The topological polar surface area (TPSA) is 41.1 Å². The van der Waals surface area contributed by atoms with Crippen LogP contribution in [0.2, 0.25) is 0 Å². The summed E-state index contributed by atoms with van der Waals surface area (Å²) in [7, 11) is 0. The molecule has 96 valence electrons. The van der Waals surface area contributed by atoms with Gasteiger partial charge >= 0.3 is 0 Å². The van der Waals surface area contributed by atoms with Crippen LogP contribution in [0.1, 0.15) is 21.8 Å². The summed E-state index contributed by atoms with van der Waals surface area (Å²) in [4.78, 5) is 12.5. The second-order valence-corrected chi connectivity index (χ2v) is 4.75. The number of hydrogen-bond acceptors (Lipinski definition) is 3. The first-order valence-corrected chi connectivity index (χ1v) is 6.49. The predicted octanol–water partition coefficient (Wildman–Crippen LogP) is 2.13. The molecular weight excluding hydrogens is 236 g/mol. The third kappa shape index (κ3) is 2.43. The normalized spacial score (nSPS) is 22.3. The van der Waals surface area contributed by atoms with Gasteiger partial charge in [0, 0.05) is 18.0 Å². The van der Waals surface area contributed by atoms with Crippen molar-refractivity contribution in [3.8, 4) is 0 Å². The second kappa shape index (κ2) is 5.34. The van der Waals surface area contributed by atoms with Gasteiger partial charge in [-0.25, -0.2) is 5.43 Å². The van der Waals surface area contributed by atoms with E-state index in [0.717, 1.165) is 12.1 Å². The molecule has 1 saturated heterocycles. The Kier molecular flexibility index (Phi) is 3.40. The molecule has 0 aliphatic carbocycles. The third-order valence-electron chi connectivity index (χ3n) is 3.55. The van der Waals surface area contributed by atoms with Crippen molar-refractivity contribution in [1.29, 1.82) is 0 Å². The Balaban J connectivity index is 1.86. The summed E-state index contributed by atoms with van der Waals surface area (Å²) >= 11 is 0. The molecule has 2 N–H and O–H groups in total. The standard InChI is InChI=1S/C16H16N2O/c19-16(13-9-5-2-6-10-13)15-14(11-17-18-15)12-7-3-1-4-8-12/h1-10,14-15,17-18H,11H2. The van der Waals surface area contributed by atoms with Crippen LogP contribution in [0.3, 0.4) is 0 Å². The van der Waals surface area contributed by atoms with Gasteiger partial charge in [-0.2, -0.15) is 0 Å². The van der Waals surface area contributed by atoms with Crippen LogP contribution in [-0.2, 0) is 0 Å². The van der Waals surface area contributed by atoms with Crippen LogP contribution in [0.15, 0.2) is 60.7 Å². The molecule has 0 saturated carbocycles. The SMILES string of the molecule is O=C(c1ccccc1)C1NNCC1c1ccccc1. The fraction of sp³-hybridized carbons (Fsp3) is 0.188. The number of rotatable bonds is 3. The monoisotopic (exact) mass is 252 g/mol. The van der Waals surface area contributed by atoms with E-state index in [-0.39, 0.29) is 17.7 Å². The van der Waals surface area contributed by atoms with E-state index in [1.54, 1.807) is 0 Å². The van der Waals surface area contributed by atoms with Crippen LogP contribution in [0, 0.1) is 0 Å². The molecule has 2 atom stereocenters. The number of Topliss-reactive ketones (excluding diaryl/α,β-unsaturated/α-hetero) is 1. The van der Waals surface area contributed by atoms with E-state index in [4.69, 9.17) is 0 Å². The molecule has 1 fully saturated rings. The van der Waals surface area contributed by atoms with Gasteiger partial charge in [0.1, 0.15) is 0 Å². The van der Waals surface area contributed by atoms with E-state index in [0.29, 0.717) is 0 Å². The van der Waals surface area contributed by atoms with Crippen LogP contribution in [0.5, 0.6) is 0 Å². The van der Waals surface area contributed by atoms with Crippen molar-refractivity contribution >= 4 is 5.78 Å². The smallest absolute Gasteiger partial charge is 0.181 e. The van der Waals surface area contributed by atoms with E-state index >= 15 is 0 Å². The van der Waals surface area contributed by atoms with Gasteiger partial charge < -0.3 is 0 Å². The maximum absolute atomic E-state index is 12.5. The zero-order valence-corrected chi connectivity index (χ0v) is 10.5. The maximum Gasteiger partial charge on any atom is 0.181 e. The highest BCUT2D eigenvalue weighted by atomic mass is 16.1. The summed E-state index contributed by atoms with van der Waals surface area (Å²) in [5.74, 6) is 0.313. The number of benzene rings is 2. The van der Waals surface area contributed by atoms with Crippen LogP contribution >= 0.6 is 0 Å². The zero-order valence-electron chi connectivity index (χ0n) is 10.5. The number of carbonyl (C=O) groups excluding carboxylic acids is 1. The molecule has 1 aliphatic heterocycles. The predicted molar refractivity (Wildman–Crippen MR) is 74.9 cm³/mol. The highest BCUT2D eigenvalue weighted by molar-refractivity contribution is 6.00. The van der Waals surface area contributed by atoms with E-state index in [1.807, 2.05) is 48.5 Å². The molecule has 0 radical (unpaired) electrons. The summed E-state index contributed by atoms with van der Waals surface area (Å²) in [6.45, 7) is 0.771. The molecule has 2 unspecified atom stereocenters. The first kappa shape index (κ1) is 12.1. The van der Waals surface area contributed by atoms with Crippen molar-refractivity contribution < 1.29 is 4.79 Å². The number of hydrazine groups is 1. The van der Waals surface area contributed by atoms with Crippen LogP contribution in [0.25, 0.3) is 0 Å². The van der Waals surface area contributed by atoms with Gasteiger partial charge in [0.25, 0.3) is 0 Å². The van der Waals surface area contributed by atoms with E-state index in [2.05, 4.69) is 23.0 Å². The molecule has 0 aromatic heterocycles. The lowest BCUT2D eigenvalue weighted by molar-refractivity contribution is 0.0942. The highest BCUT2D eigenvalue weighted by Gasteiger charge is 2.33. The average molecular weight is 252 g/mol. The van der Waals surface area contributed by atoms with Crippen molar-refractivity contribution in [2.75, 3.05) is 6.54 Å². The van der Waals surface area contributed by atoms with Crippen LogP contribution in [0.4, 0.5) is 0 Å². The Morgan fingerprint density at radius 1 is 0.947 bits per heavy atom. The molecule has 0 spiro atoms. The summed E-state index contributed by atoms with van der Waals surface area (Å²) in [6, 6.07) is 19.4. The van der Waals surface area contributed by atoms with E-state index < -0.39 is 0 Å². The van der Waals surface area contributed by atoms with E-state index in [9.17, 15) is 4.79 Å². The van der Waals surface area contributed by atoms with Gasteiger partial charge in [-0.3, -0.25) is 10.2 Å². The lowest BCUT2D eigenvalue weighted by atomic mass is 9.88. The molecule has 2 aromatic carbocycles. The van der Waals surface area contributed by atoms with Crippen molar-refractivity contribution in [3.63, 3.8) is 0 Å². The van der Waals surface area contributed by atoms with Crippen LogP contribution < -0.4 is 10.9 Å². The number of ketones is 1. The molecule has 19 heavy (non-hydrogen) atoms. The molecule has 0 amide bonds. The minimum Gasteiger partial charge on any atom is -0.292 e. The van der Waals surface area contributed by atoms with Gasteiger partial charge in [0.15, 0.2) is 5.78 Å². The van der Waals surface area contributed by atoms with Gasteiger partial charge in [0.2, 0.25) is 0 Å². The molecule has 3 heteroatoms. The second-order valence-electron chi connectivity index (χ2n) is 4.75. The molecular formula is C16H16N2O. The summed E-state index contributed by atoms with van der Waals surface area (Å²) in [5, 5.41) is 0. The fourth-order valence-electron chi connectivity index (χ4n) is 2.54. The van der Waals surface area contributed by atoms with Crippen molar-refractivity contribution in [1.82, 2.24) is 10.9 Å². The lowest BCUT2D eigenvalue weighted by Crippen LogP contribution is -2.38. The van der Waals surface area contributed by atoms with Gasteiger partial charge in [-0.05, 0) is 5.56 Å². The molecule has 1 aliphatic rings. The largest absolute Gasteiger partial charge is 0.292 e. The third-order valence-corrected chi connectivity index (χ3v) is 3.55. The Hall–Kier alpha value is -1.97. The van der Waals surface area contributed by atoms with Crippen molar-refractivity contribution in [2.24, 2.45) is 0 Å². The number of carbonyl (C=O) groups is 1. The van der Waals surface area contributed by atoms with Crippen LogP contribution in [-0.4, -0.2) is 18.4 Å². The molecule has 0 bridgehead atoms. The Labute approximate surface area is 112 Å². The minimum atomic E-state index is -0.204. The Morgan fingerprint density at radius 2 is 1.58 bits per heavy atom. The van der Waals surface area contributed by atoms with Crippen molar-refractivity contribution in [2.45, 2.75) is 12.0 Å². The van der Waals surface area contributed by atoms with Gasteiger partial charge in [0.05, 0.1) is 6.04 Å². The molecule has 3 rings (SSSR count). The Bertz CT molecular complexity index is 553. The lowest BCUT2D eigenvalue weighted by Gasteiger charge is -2.17. The fourth-order valence-corrected chi connectivity index (χ4v) is 2.54. The van der Waals surface area contributed by atoms with E-state index in [1.165, 1.54) is 5.56 Å². The maximum atomic E-state index is 12.5. The van der Waals surface area contributed by atoms with Gasteiger partial charge in [-0.15, -0.1) is 0 Å². The van der Waals surface area contributed by atoms with Crippen molar-refractivity contribution in [3.05, 3.63) is 71.8 Å². The highest BCUT2D eigenvalue weighted by Crippen LogP contribution is 2.24.